The molecule has 1 aromatic heterocycles. The summed E-state index contributed by atoms with van der Waals surface area (Å²) in [4.78, 5) is 42.1. The molecule has 7 atom stereocenters. The van der Waals surface area contributed by atoms with E-state index in [4.69, 9.17) is 5.73 Å². The highest BCUT2D eigenvalue weighted by molar-refractivity contribution is 8.03. The number of carbonyl (C=O) groups is 3. The molecule has 190 valence electrons. The molecule has 4 aliphatic rings. The molecule has 0 spiro atoms. The number of aliphatic hydroxyl groups excluding tert-OH is 1. The van der Waals surface area contributed by atoms with Crippen LogP contribution in [-0.4, -0.2) is 95.8 Å². The predicted molar refractivity (Wildman–Crippen MR) is 126 cm³/mol. The number of aliphatic hydroxyl groups is 1. The first kappa shape index (κ1) is 24.2. The number of fused-ring (bicyclic) bond motifs is 1. The molecule has 35 heavy (non-hydrogen) atoms. The van der Waals surface area contributed by atoms with Gasteiger partial charge in [-0.2, -0.15) is 0 Å². The van der Waals surface area contributed by atoms with Crippen LogP contribution < -0.4 is 11.1 Å². The van der Waals surface area contributed by atoms with Crippen molar-refractivity contribution in [1.82, 2.24) is 30.1 Å². The maximum Gasteiger partial charge on any atom is 0.353 e. The quantitative estimate of drug-likeness (QED) is 0.342. The highest BCUT2D eigenvalue weighted by Crippen LogP contribution is 2.53. The van der Waals surface area contributed by atoms with Crippen LogP contribution in [0.2, 0.25) is 0 Å². The van der Waals surface area contributed by atoms with E-state index in [1.165, 1.54) is 16.7 Å². The van der Waals surface area contributed by atoms with Crippen molar-refractivity contribution >= 4 is 29.5 Å². The average Bonchev–Trinajstić information content (AvgIpc) is 3.61. The molecular formula is C22H31N7O5S. The van der Waals surface area contributed by atoms with Crippen molar-refractivity contribution in [3.8, 4) is 0 Å². The van der Waals surface area contributed by atoms with Crippen LogP contribution >= 0.6 is 11.8 Å². The Balaban J connectivity index is 1.29. The molecule has 0 radical (unpaired) electrons. The summed E-state index contributed by atoms with van der Waals surface area (Å²) < 4.78 is 1.56. The standard InChI is InChI=1S/C22H31N7O5S/c1-10-17-16(11(2)28-8-13(9-30)25-26-28)21(32)29(17)18(22(33)34)19(10)35-14-5-15(24-6-14)20(31)27-4-3-12(23)7-27/h8,10-12,14-17,24,30H,3-7,9,23H2,1-2H3,(H,33,34)/t10-,11-,12-,14?,15+,16-,17-/m1/s1. The van der Waals surface area contributed by atoms with Crippen LogP contribution in [-0.2, 0) is 21.0 Å². The molecule has 1 unspecified atom stereocenters. The number of carbonyl (C=O) groups excluding carboxylic acids is 2. The van der Waals surface area contributed by atoms with Gasteiger partial charge in [0.2, 0.25) is 11.8 Å². The molecule has 0 saturated carbocycles. The van der Waals surface area contributed by atoms with Crippen LogP contribution in [0, 0.1) is 11.8 Å². The third kappa shape index (κ3) is 4.03. The summed E-state index contributed by atoms with van der Waals surface area (Å²) in [6, 6.07) is -0.896. The van der Waals surface area contributed by atoms with Gasteiger partial charge in [0.15, 0.2) is 0 Å². The number of nitrogens with two attached hydrogens (primary N) is 1. The molecule has 4 aliphatic heterocycles. The molecule has 12 nitrogen and oxygen atoms in total. The molecule has 1 aromatic rings. The number of carboxylic acid groups (broad SMARTS) is 1. The van der Waals surface area contributed by atoms with E-state index in [9.17, 15) is 24.6 Å². The van der Waals surface area contributed by atoms with E-state index in [1.54, 1.807) is 15.8 Å². The summed E-state index contributed by atoms with van der Waals surface area (Å²) in [6.07, 6.45) is 3.01. The van der Waals surface area contributed by atoms with Crippen LogP contribution in [0.3, 0.4) is 0 Å². The number of nitrogens with one attached hydrogen (secondary N) is 1. The van der Waals surface area contributed by atoms with E-state index < -0.39 is 11.9 Å². The lowest BCUT2D eigenvalue weighted by atomic mass is 9.78. The van der Waals surface area contributed by atoms with E-state index in [0.29, 0.717) is 36.7 Å². The zero-order chi connectivity index (χ0) is 25.0. The monoisotopic (exact) mass is 505 g/mol. The van der Waals surface area contributed by atoms with E-state index in [1.807, 2.05) is 13.8 Å². The molecular weight excluding hydrogens is 474 g/mol. The van der Waals surface area contributed by atoms with Crippen molar-refractivity contribution < 1.29 is 24.6 Å². The average molecular weight is 506 g/mol. The van der Waals surface area contributed by atoms with Gasteiger partial charge in [-0.15, -0.1) is 16.9 Å². The molecule has 13 heteroatoms. The smallest absolute Gasteiger partial charge is 0.353 e. The Morgan fingerprint density at radius 3 is 2.80 bits per heavy atom. The number of nitrogens with zero attached hydrogens (tertiary/aromatic N) is 5. The lowest BCUT2D eigenvalue weighted by Crippen LogP contribution is -2.62. The molecule has 3 saturated heterocycles. The molecule has 2 amide bonds. The maximum atomic E-state index is 13.1. The van der Waals surface area contributed by atoms with Gasteiger partial charge in [-0.3, -0.25) is 9.59 Å². The first-order valence-electron chi connectivity index (χ1n) is 12.0. The number of β-lactam (4-membered cyclic amide) rings is 1. The van der Waals surface area contributed by atoms with Crippen LogP contribution in [0.4, 0.5) is 0 Å². The normalized spacial score (nSPS) is 33.3. The van der Waals surface area contributed by atoms with Gasteiger partial charge in [0, 0.05) is 41.7 Å². The number of likely N-dealkylation sites (tertiary alicyclic amines) is 1. The fourth-order valence-corrected chi connectivity index (χ4v) is 7.28. The second kappa shape index (κ2) is 9.19. The van der Waals surface area contributed by atoms with E-state index in [-0.39, 0.29) is 59.5 Å². The topological polar surface area (TPSA) is 167 Å². The van der Waals surface area contributed by atoms with Gasteiger partial charge in [0.05, 0.1) is 36.8 Å². The van der Waals surface area contributed by atoms with E-state index >= 15 is 0 Å². The van der Waals surface area contributed by atoms with Crippen molar-refractivity contribution in [1.29, 1.82) is 0 Å². The predicted octanol–water partition coefficient (Wildman–Crippen LogP) is -0.872. The van der Waals surface area contributed by atoms with Crippen molar-refractivity contribution in [2.24, 2.45) is 17.6 Å². The van der Waals surface area contributed by atoms with Crippen molar-refractivity contribution in [2.75, 3.05) is 19.6 Å². The number of carboxylic acids is 1. The molecule has 5 rings (SSSR count). The molecule has 0 bridgehead atoms. The number of rotatable bonds is 7. The van der Waals surface area contributed by atoms with Crippen LogP contribution in [0.25, 0.3) is 0 Å². The summed E-state index contributed by atoms with van der Waals surface area (Å²) in [5.74, 6) is -1.92. The van der Waals surface area contributed by atoms with Crippen LogP contribution in [0.5, 0.6) is 0 Å². The second-order valence-electron chi connectivity index (χ2n) is 9.89. The van der Waals surface area contributed by atoms with Gasteiger partial charge in [0.25, 0.3) is 0 Å². The van der Waals surface area contributed by atoms with Gasteiger partial charge in [-0.05, 0) is 19.8 Å². The van der Waals surface area contributed by atoms with Gasteiger partial charge in [0.1, 0.15) is 11.4 Å². The Kier molecular flexibility index (Phi) is 6.36. The zero-order valence-electron chi connectivity index (χ0n) is 19.7. The fourth-order valence-electron chi connectivity index (χ4n) is 5.80. The van der Waals surface area contributed by atoms with Gasteiger partial charge >= 0.3 is 5.97 Å². The summed E-state index contributed by atoms with van der Waals surface area (Å²) >= 11 is 1.47. The highest BCUT2D eigenvalue weighted by Gasteiger charge is 2.61. The zero-order valence-corrected chi connectivity index (χ0v) is 20.5. The summed E-state index contributed by atoms with van der Waals surface area (Å²) in [5.41, 5.74) is 6.41. The lowest BCUT2D eigenvalue weighted by Gasteiger charge is -2.47. The van der Waals surface area contributed by atoms with Gasteiger partial charge < -0.3 is 31.1 Å². The minimum atomic E-state index is -1.12. The Hall–Kier alpha value is -2.48. The summed E-state index contributed by atoms with van der Waals surface area (Å²) in [6.45, 7) is 5.40. The van der Waals surface area contributed by atoms with Crippen LogP contribution in [0.1, 0.15) is 38.4 Å². The van der Waals surface area contributed by atoms with Crippen molar-refractivity contribution in [3.05, 3.63) is 22.5 Å². The molecule has 0 aromatic carbocycles. The summed E-state index contributed by atoms with van der Waals surface area (Å²) in [5, 5.41) is 30.5. The van der Waals surface area contributed by atoms with Crippen molar-refractivity contribution in [2.45, 2.75) is 62.7 Å². The van der Waals surface area contributed by atoms with E-state index in [2.05, 4.69) is 15.6 Å². The number of hydrogen-bond donors (Lipinski definition) is 4. The Morgan fingerprint density at radius 1 is 1.40 bits per heavy atom. The van der Waals surface area contributed by atoms with Crippen LogP contribution in [0.15, 0.2) is 16.8 Å². The Morgan fingerprint density at radius 2 is 2.17 bits per heavy atom. The Labute approximate surface area is 206 Å². The number of amides is 2. The SMILES string of the molecule is C[C@H]([C@H]1C(=O)N2C(C(=O)O)=C(SC3CN[C@H](C(=O)N4CC[C@@H](N)C4)C3)[C@H](C)[C@H]12)n1cc(CO)nn1. The number of thioether (sulfide) groups is 1. The van der Waals surface area contributed by atoms with Gasteiger partial charge in [-0.1, -0.05) is 12.1 Å². The number of aliphatic carboxylic acids is 1. The van der Waals surface area contributed by atoms with Gasteiger partial charge in [-0.25, -0.2) is 9.48 Å². The third-order valence-electron chi connectivity index (χ3n) is 7.67. The number of hydrogen-bond acceptors (Lipinski definition) is 9. The largest absolute Gasteiger partial charge is 0.477 e. The molecule has 3 fully saturated rings. The maximum absolute atomic E-state index is 13.1. The number of aromatic nitrogens is 3. The summed E-state index contributed by atoms with van der Waals surface area (Å²) in [7, 11) is 0. The first-order chi connectivity index (χ1) is 16.7. The first-order valence-corrected chi connectivity index (χ1v) is 12.9. The molecule has 0 aliphatic carbocycles. The minimum Gasteiger partial charge on any atom is -0.477 e. The third-order valence-corrected chi connectivity index (χ3v) is 9.18. The van der Waals surface area contributed by atoms with E-state index in [0.717, 1.165) is 6.42 Å². The molecule has 5 N–H and O–H groups in total. The second-order valence-corrected chi connectivity index (χ2v) is 11.2. The molecule has 5 heterocycles. The fraction of sp³-hybridized carbons (Fsp3) is 0.682. The van der Waals surface area contributed by atoms with Crippen molar-refractivity contribution in [3.63, 3.8) is 0 Å². The minimum absolute atomic E-state index is 0.0262. The lowest BCUT2D eigenvalue weighted by molar-refractivity contribution is -0.159. The highest BCUT2D eigenvalue weighted by atomic mass is 32.2. The Bertz CT molecular complexity index is 1080.